The number of urea groups is 1. The summed E-state index contributed by atoms with van der Waals surface area (Å²) in [5.74, 6) is 0.452. The molecule has 3 rings (SSSR count). The number of likely N-dealkylation sites (N-methyl/N-ethyl adjacent to an activating group) is 2. The number of benzene rings is 1. The van der Waals surface area contributed by atoms with Gasteiger partial charge in [0.15, 0.2) is 0 Å². The summed E-state index contributed by atoms with van der Waals surface area (Å²) in [5, 5.41) is 6.61. The summed E-state index contributed by atoms with van der Waals surface area (Å²) < 4.78 is 6.64. The number of piperidine rings is 1. The molecule has 2 fully saturated rings. The summed E-state index contributed by atoms with van der Waals surface area (Å²) in [7, 11) is 3.56. The van der Waals surface area contributed by atoms with Crippen molar-refractivity contribution < 1.29 is 18.8 Å². The van der Waals surface area contributed by atoms with Crippen LogP contribution in [-0.4, -0.2) is 62.8 Å². The number of amides is 3. The molecule has 4 atom stereocenters. The van der Waals surface area contributed by atoms with Crippen LogP contribution >= 0.6 is 11.6 Å². The van der Waals surface area contributed by atoms with Crippen molar-refractivity contribution in [2.24, 2.45) is 17.6 Å². The van der Waals surface area contributed by atoms with Crippen molar-refractivity contribution >= 4 is 23.5 Å². The number of primary amides is 1. The SMILES string of the molecule is CNC[C@H](CC1CCCCC1)[N@@+]1(C(N)=O)CCCC([C@@](C)(OCC(=O)NC)c2cccc(Cl)c2)C1. The molecule has 0 bridgehead atoms. The Bertz CT molecular complexity index is 863. The standard InChI is InChI=1S/C27H43ClN4O3/c1-27(35-19-25(33)31-3,21-11-7-13-23(28)16-21)22-12-8-14-32(18-22,26(29)34)24(17-30-2)15-20-9-5-4-6-10-20/h7,11,13,16,20,22,24,30H,4-6,8-10,12,14-15,17-19H2,1-3H3,(H2-,29,31,33,34)/p+1/t22?,24-,27-,32+/m0/s1. The predicted octanol–water partition coefficient (Wildman–Crippen LogP) is 4.18. The first kappa shape index (κ1) is 27.9. The number of carbonyl (C=O) groups is 2. The van der Waals surface area contributed by atoms with Gasteiger partial charge in [0.2, 0.25) is 5.91 Å². The molecule has 7 nitrogen and oxygen atoms in total. The average Bonchev–Trinajstić information content (AvgIpc) is 2.87. The molecule has 1 aliphatic carbocycles. The molecule has 1 saturated carbocycles. The molecule has 0 aromatic heterocycles. The van der Waals surface area contributed by atoms with Crippen LogP contribution in [0.5, 0.6) is 0 Å². The van der Waals surface area contributed by atoms with E-state index in [1.807, 2.05) is 38.2 Å². The van der Waals surface area contributed by atoms with E-state index in [4.69, 9.17) is 22.1 Å². The number of halogens is 1. The van der Waals surface area contributed by atoms with Gasteiger partial charge in [0.05, 0.1) is 18.7 Å². The Balaban J connectivity index is 1.95. The summed E-state index contributed by atoms with van der Waals surface area (Å²) in [5.41, 5.74) is 6.36. The number of nitrogens with two attached hydrogens (primary N) is 1. The highest BCUT2D eigenvalue weighted by molar-refractivity contribution is 6.30. The van der Waals surface area contributed by atoms with Crippen molar-refractivity contribution in [3.8, 4) is 0 Å². The first-order valence-corrected chi connectivity index (χ1v) is 13.5. The van der Waals surface area contributed by atoms with Crippen LogP contribution in [0.4, 0.5) is 4.79 Å². The zero-order valence-electron chi connectivity index (χ0n) is 21.7. The lowest BCUT2D eigenvalue weighted by molar-refractivity contribution is -0.884. The van der Waals surface area contributed by atoms with Crippen molar-refractivity contribution in [1.82, 2.24) is 10.6 Å². The molecule has 0 spiro atoms. The second kappa shape index (κ2) is 12.5. The highest BCUT2D eigenvalue weighted by atomic mass is 35.5. The van der Waals surface area contributed by atoms with Crippen LogP contribution in [0.3, 0.4) is 0 Å². The van der Waals surface area contributed by atoms with E-state index >= 15 is 0 Å². The molecule has 1 saturated heterocycles. The van der Waals surface area contributed by atoms with Gasteiger partial charge in [-0.25, -0.2) is 9.28 Å². The van der Waals surface area contributed by atoms with Crippen LogP contribution in [0.25, 0.3) is 0 Å². The summed E-state index contributed by atoms with van der Waals surface area (Å²) in [6.45, 7) is 4.05. The van der Waals surface area contributed by atoms with Gasteiger partial charge in [-0.05, 0) is 50.4 Å². The first-order chi connectivity index (χ1) is 16.7. The zero-order valence-corrected chi connectivity index (χ0v) is 22.4. The third kappa shape index (κ3) is 6.56. The second-order valence-electron chi connectivity index (χ2n) is 10.6. The van der Waals surface area contributed by atoms with E-state index in [9.17, 15) is 9.59 Å². The number of likely N-dealkylation sites (tertiary alicyclic amines) is 1. The maximum Gasteiger partial charge on any atom is 0.414 e. The lowest BCUT2D eigenvalue weighted by atomic mass is 9.76. The van der Waals surface area contributed by atoms with Gasteiger partial charge in [0.1, 0.15) is 12.6 Å². The molecular weight excluding hydrogens is 464 g/mol. The fourth-order valence-corrected chi connectivity index (χ4v) is 6.57. The smallest absolute Gasteiger partial charge is 0.360 e. The van der Waals surface area contributed by atoms with Gasteiger partial charge in [0, 0.05) is 31.0 Å². The molecule has 1 heterocycles. The molecule has 35 heavy (non-hydrogen) atoms. The van der Waals surface area contributed by atoms with E-state index in [1.54, 1.807) is 7.05 Å². The molecule has 1 aliphatic heterocycles. The topological polar surface area (TPSA) is 93.4 Å². The minimum atomic E-state index is -0.786. The monoisotopic (exact) mass is 507 g/mol. The van der Waals surface area contributed by atoms with Gasteiger partial charge < -0.3 is 21.1 Å². The third-order valence-corrected chi connectivity index (χ3v) is 8.76. The maximum absolute atomic E-state index is 13.3. The van der Waals surface area contributed by atoms with Crippen molar-refractivity contribution in [3.05, 3.63) is 34.9 Å². The molecule has 3 amide bonds. The maximum atomic E-state index is 13.3. The molecule has 8 heteroatoms. The number of hydrogen-bond donors (Lipinski definition) is 3. The van der Waals surface area contributed by atoms with Crippen LogP contribution < -0.4 is 16.4 Å². The van der Waals surface area contributed by atoms with E-state index in [0.29, 0.717) is 17.5 Å². The highest BCUT2D eigenvalue weighted by Gasteiger charge is 2.52. The van der Waals surface area contributed by atoms with Gasteiger partial charge >= 0.3 is 6.03 Å². The minimum Gasteiger partial charge on any atom is -0.360 e. The Morgan fingerprint density at radius 1 is 1.20 bits per heavy atom. The highest BCUT2D eigenvalue weighted by Crippen LogP contribution is 2.43. The third-order valence-electron chi connectivity index (χ3n) is 8.52. The molecule has 4 N–H and O–H groups in total. The molecular formula is C27H44ClN4O3+. The number of rotatable bonds is 10. The van der Waals surface area contributed by atoms with Gasteiger partial charge in [-0.2, -0.15) is 0 Å². The number of ether oxygens (including phenoxy) is 1. The predicted molar refractivity (Wildman–Crippen MR) is 140 cm³/mol. The van der Waals surface area contributed by atoms with E-state index in [0.717, 1.165) is 37.9 Å². The summed E-state index contributed by atoms with van der Waals surface area (Å²) in [6.07, 6.45) is 9.09. The second-order valence-corrected chi connectivity index (χ2v) is 11.1. The number of quaternary nitrogens is 1. The molecule has 1 aromatic rings. The van der Waals surface area contributed by atoms with E-state index in [2.05, 4.69) is 10.6 Å². The molecule has 2 aliphatic rings. The van der Waals surface area contributed by atoms with E-state index in [-0.39, 0.29) is 35.0 Å². The van der Waals surface area contributed by atoms with Crippen LogP contribution in [-0.2, 0) is 15.1 Å². The van der Waals surface area contributed by atoms with Crippen molar-refractivity contribution in [2.45, 2.75) is 69.9 Å². The van der Waals surface area contributed by atoms with Crippen molar-refractivity contribution in [3.63, 3.8) is 0 Å². The zero-order chi connectivity index (χ0) is 25.5. The van der Waals surface area contributed by atoms with Gasteiger partial charge in [0.25, 0.3) is 0 Å². The van der Waals surface area contributed by atoms with Gasteiger partial charge in [-0.1, -0.05) is 55.8 Å². The summed E-state index contributed by atoms with van der Waals surface area (Å²) >= 11 is 6.37. The Labute approximate surface area is 215 Å². The fourth-order valence-electron chi connectivity index (χ4n) is 6.38. The lowest BCUT2D eigenvalue weighted by Crippen LogP contribution is -2.69. The average molecular weight is 508 g/mol. The van der Waals surface area contributed by atoms with Crippen LogP contribution in [0, 0.1) is 11.8 Å². The number of hydrogen-bond acceptors (Lipinski definition) is 4. The first-order valence-electron chi connectivity index (χ1n) is 13.2. The Kier molecular flexibility index (Phi) is 9.99. The Hall–Kier alpha value is -1.67. The summed E-state index contributed by atoms with van der Waals surface area (Å²) in [6, 6.07) is 7.51. The van der Waals surface area contributed by atoms with E-state index in [1.165, 1.54) is 32.1 Å². The number of nitrogens with zero attached hydrogens (tertiary/aromatic N) is 1. The molecule has 1 unspecified atom stereocenters. The normalized spacial score (nSPS) is 26.0. The van der Waals surface area contributed by atoms with E-state index < -0.39 is 5.60 Å². The van der Waals surface area contributed by atoms with Gasteiger partial charge in [-0.3, -0.25) is 4.79 Å². The largest absolute Gasteiger partial charge is 0.414 e. The minimum absolute atomic E-state index is 0.00224. The van der Waals surface area contributed by atoms with Crippen LogP contribution in [0.15, 0.2) is 24.3 Å². The van der Waals surface area contributed by atoms with Crippen molar-refractivity contribution in [2.75, 3.05) is 40.3 Å². The van der Waals surface area contributed by atoms with Crippen LogP contribution in [0.2, 0.25) is 5.02 Å². The van der Waals surface area contributed by atoms with Crippen molar-refractivity contribution in [1.29, 1.82) is 0 Å². The molecule has 0 radical (unpaired) electrons. The molecule has 196 valence electrons. The number of carbonyl (C=O) groups excluding carboxylic acids is 2. The molecule has 1 aromatic carbocycles. The van der Waals surface area contributed by atoms with Crippen LogP contribution in [0.1, 0.15) is 63.9 Å². The Morgan fingerprint density at radius 3 is 2.57 bits per heavy atom. The lowest BCUT2D eigenvalue weighted by Gasteiger charge is -2.50. The fraction of sp³-hybridized carbons (Fsp3) is 0.704. The number of nitrogens with one attached hydrogen (secondary N) is 2. The summed E-state index contributed by atoms with van der Waals surface area (Å²) in [4.78, 5) is 25.4. The quantitative estimate of drug-likeness (QED) is 0.414. The Morgan fingerprint density at radius 2 is 1.94 bits per heavy atom. The van der Waals surface area contributed by atoms with Gasteiger partial charge in [-0.15, -0.1) is 0 Å².